The van der Waals surface area contributed by atoms with E-state index in [0.717, 1.165) is 11.1 Å². The zero-order valence-electron chi connectivity index (χ0n) is 12.3. The summed E-state index contributed by atoms with van der Waals surface area (Å²) in [7, 11) is 3.25. The Balaban J connectivity index is 1.96. The van der Waals surface area contributed by atoms with E-state index in [0.29, 0.717) is 18.1 Å². The zero-order valence-corrected chi connectivity index (χ0v) is 12.3. The Kier molecular flexibility index (Phi) is 5.60. The number of methoxy groups -OCH3 is 2. The van der Waals surface area contributed by atoms with Crippen LogP contribution in [0.15, 0.2) is 48.5 Å². The Morgan fingerprint density at radius 1 is 1.00 bits per heavy atom. The smallest absolute Gasteiger partial charge is 0.119 e. The van der Waals surface area contributed by atoms with Crippen LogP contribution in [0, 0.1) is 0 Å². The highest BCUT2D eigenvalue weighted by Crippen LogP contribution is 2.21. The number of hydrogen-bond acceptors (Lipinski definition) is 4. The van der Waals surface area contributed by atoms with Crippen LogP contribution >= 0.6 is 0 Å². The third kappa shape index (κ3) is 4.48. The van der Waals surface area contributed by atoms with Crippen LogP contribution in [0.1, 0.15) is 17.2 Å². The van der Waals surface area contributed by atoms with E-state index < -0.39 is 6.10 Å². The van der Waals surface area contributed by atoms with E-state index in [2.05, 4.69) is 0 Å². The van der Waals surface area contributed by atoms with Gasteiger partial charge >= 0.3 is 0 Å². The lowest BCUT2D eigenvalue weighted by atomic mass is 10.1. The van der Waals surface area contributed by atoms with Crippen LogP contribution in [0.2, 0.25) is 0 Å². The van der Waals surface area contributed by atoms with Crippen molar-refractivity contribution in [3.05, 3.63) is 59.7 Å². The molecule has 0 saturated heterocycles. The Bertz CT molecular complexity index is 568. The molecule has 2 aromatic rings. The first-order chi connectivity index (χ1) is 10.2. The Labute approximate surface area is 124 Å². The average molecular weight is 288 g/mol. The summed E-state index contributed by atoms with van der Waals surface area (Å²) >= 11 is 0. The molecule has 4 heteroatoms. The summed E-state index contributed by atoms with van der Waals surface area (Å²) < 4.78 is 15.9. The van der Waals surface area contributed by atoms with E-state index in [1.54, 1.807) is 20.3 Å². The van der Waals surface area contributed by atoms with Crippen LogP contribution in [0.25, 0.3) is 0 Å². The summed E-state index contributed by atoms with van der Waals surface area (Å²) in [6.45, 7) is 0.721. The molecule has 0 aliphatic rings. The minimum atomic E-state index is -0.703. The second-order valence-electron chi connectivity index (χ2n) is 4.68. The molecule has 0 aliphatic heterocycles. The largest absolute Gasteiger partial charge is 0.497 e. The van der Waals surface area contributed by atoms with Crippen molar-refractivity contribution in [2.24, 2.45) is 0 Å². The molecule has 112 valence electrons. The molecule has 1 unspecified atom stereocenters. The third-order valence-electron chi connectivity index (χ3n) is 3.10. The highest BCUT2D eigenvalue weighted by atomic mass is 16.5. The Morgan fingerprint density at radius 3 is 2.52 bits per heavy atom. The van der Waals surface area contributed by atoms with Gasteiger partial charge in [0.05, 0.1) is 13.7 Å². The summed E-state index contributed by atoms with van der Waals surface area (Å²) in [6.07, 6.45) is -0.703. The molecule has 2 aromatic carbocycles. The summed E-state index contributed by atoms with van der Waals surface area (Å²) in [6, 6.07) is 15.0. The number of aliphatic hydroxyl groups is 1. The highest BCUT2D eigenvalue weighted by Gasteiger charge is 2.09. The number of hydrogen-bond donors (Lipinski definition) is 1. The highest BCUT2D eigenvalue weighted by molar-refractivity contribution is 5.31. The molecule has 0 fully saturated rings. The van der Waals surface area contributed by atoms with Crippen LogP contribution in [-0.4, -0.2) is 25.9 Å². The van der Waals surface area contributed by atoms with Gasteiger partial charge in [-0.25, -0.2) is 0 Å². The van der Waals surface area contributed by atoms with Gasteiger partial charge in [0.15, 0.2) is 0 Å². The molecule has 0 saturated carbocycles. The van der Waals surface area contributed by atoms with Crippen LogP contribution in [0.5, 0.6) is 11.5 Å². The molecule has 2 rings (SSSR count). The number of benzene rings is 2. The van der Waals surface area contributed by atoms with Gasteiger partial charge in [0, 0.05) is 7.11 Å². The number of rotatable bonds is 7. The van der Waals surface area contributed by atoms with Gasteiger partial charge in [-0.05, 0) is 35.4 Å². The quantitative estimate of drug-likeness (QED) is 0.851. The molecule has 1 N–H and O–H groups in total. The van der Waals surface area contributed by atoms with Gasteiger partial charge in [0.2, 0.25) is 0 Å². The Morgan fingerprint density at radius 2 is 1.76 bits per heavy atom. The topological polar surface area (TPSA) is 47.9 Å². The second-order valence-corrected chi connectivity index (χ2v) is 4.68. The summed E-state index contributed by atoms with van der Waals surface area (Å²) in [5.41, 5.74) is 1.80. The van der Waals surface area contributed by atoms with Crippen molar-refractivity contribution in [3.8, 4) is 11.5 Å². The van der Waals surface area contributed by atoms with Gasteiger partial charge in [0.1, 0.15) is 24.2 Å². The maximum absolute atomic E-state index is 10.2. The minimum Gasteiger partial charge on any atom is -0.497 e. The fourth-order valence-corrected chi connectivity index (χ4v) is 2.01. The summed E-state index contributed by atoms with van der Waals surface area (Å²) in [5.74, 6) is 1.43. The molecule has 0 amide bonds. The molecular weight excluding hydrogens is 268 g/mol. The normalized spacial score (nSPS) is 12.0. The van der Waals surface area contributed by atoms with Crippen LogP contribution in [0.3, 0.4) is 0 Å². The van der Waals surface area contributed by atoms with Crippen molar-refractivity contribution in [2.75, 3.05) is 20.8 Å². The van der Waals surface area contributed by atoms with Crippen molar-refractivity contribution < 1.29 is 19.3 Å². The second kappa shape index (κ2) is 7.67. The number of ether oxygens (including phenoxy) is 3. The standard InChI is InChI=1S/C17H20O4/c1-19-11-13-5-3-8-16(9-13)21-12-17(18)14-6-4-7-15(10-14)20-2/h3-10,17-18H,11-12H2,1-2H3. The van der Waals surface area contributed by atoms with Gasteiger partial charge in [0.25, 0.3) is 0 Å². The molecule has 21 heavy (non-hydrogen) atoms. The molecule has 0 aromatic heterocycles. The van der Waals surface area contributed by atoms with Crippen molar-refractivity contribution >= 4 is 0 Å². The lowest BCUT2D eigenvalue weighted by molar-refractivity contribution is 0.108. The lowest BCUT2D eigenvalue weighted by Gasteiger charge is -2.14. The third-order valence-corrected chi connectivity index (χ3v) is 3.10. The molecule has 0 spiro atoms. The summed E-state index contributed by atoms with van der Waals surface area (Å²) in [5, 5.41) is 10.2. The first kappa shape index (κ1) is 15.4. The number of aliphatic hydroxyl groups excluding tert-OH is 1. The van der Waals surface area contributed by atoms with E-state index in [1.165, 1.54) is 0 Å². The van der Waals surface area contributed by atoms with Crippen LogP contribution in [-0.2, 0) is 11.3 Å². The van der Waals surface area contributed by atoms with Crippen molar-refractivity contribution in [3.63, 3.8) is 0 Å². The predicted molar refractivity (Wildman–Crippen MR) is 80.6 cm³/mol. The summed E-state index contributed by atoms with van der Waals surface area (Å²) in [4.78, 5) is 0. The fraction of sp³-hybridized carbons (Fsp3) is 0.294. The minimum absolute atomic E-state index is 0.184. The van der Waals surface area contributed by atoms with Crippen molar-refractivity contribution in [1.82, 2.24) is 0 Å². The van der Waals surface area contributed by atoms with Gasteiger partial charge in [-0.15, -0.1) is 0 Å². The molecule has 0 radical (unpaired) electrons. The van der Waals surface area contributed by atoms with E-state index in [9.17, 15) is 5.11 Å². The van der Waals surface area contributed by atoms with Gasteiger partial charge in [-0.2, -0.15) is 0 Å². The van der Waals surface area contributed by atoms with E-state index in [-0.39, 0.29) is 6.61 Å². The lowest BCUT2D eigenvalue weighted by Crippen LogP contribution is -2.10. The molecular formula is C17H20O4. The van der Waals surface area contributed by atoms with E-state index in [4.69, 9.17) is 14.2 Å². The first-order valence-electron chi connectivity index (χ1n) is 6.75. The molecule has 0 heterocycles. The van der Waals surface area contributed by atoms with Gasteiger partial charge < -0.3 is 19.3 Å². The van der Waals surface area contributed by atoms with Crippen LogP contribution in [0.4, 0.5) is 0 Å². The molecule has 4 nitrogen and oxygen atoms in total. The average Bonchev–Trinajstić information content (AvgIpc) is 2.53. The fourth-order valence-electron chi connectivity index (χ4n) is 2.01. The maximum Gasteiger partial charge on any atom is 0.119 e. The molecule has 0 aliphatic carbocycles. The maximum atomic E-state index is 10.2. The van der Waals surface area contributed by atoms with E-state index >= 15 is 0 Å². The van der Waals surface area contributed by atoms with E-state index in [1.807, 2.05) is 42.5 Å². The Hall–Kier alpha value is -2.04. The zero-order chi connectivity index (χ0) is 15.1. The van der Waals surface area contributed by atoms with Crippen LogP contribution < -0.4 is 9.47 Å². The predicted octanol–water partition coefficient (Wildman–Crippen LogP) is 2.95. The monoisotopic (exact) mass is 288 g/mol. The van der Waals surface area contributed by atoms with Crippen molar-refractivity contribution in [1.29, 1.82) is 0 Å². The SMILES string of the molecule is COCc1cccc(OCC(O)c2cccc(OC)c2)c1. The molecule has 1 atom stereocenters. The first-order valence-corrected chi connectivity index (χ1v) is 6.75. The van der Waals surface area contributed by atoms with Crippen molar-refractivity contribution in [2.45, 2.75) is 12.7 Å². The van der Waals surface area contributed by atoms with Gasteiger partial charge in [-0.3, -0.25) is 0 Å². The van der Waals surface area contributed by atoms with Gasteiger partial charge in [-0.1, -0.05) is 24.3 Å². The molecule has 0 bridgehead atoms.